The number of hydrogen-bond acceptors (Lipinski definition) is 3. The Kier molecular flexibility index (Phi) is 6.51. The van der Waals surface area contributed by atoms with E-state index in [0.717, 1.165) is 39.3 Å². The van der Waals surface area contributed by atoms with Crippen molar-refractivity contribution >= 4 is 16.5 Å². The molecule has 0 amide bonds. The van der Waals surface area contributed by atoms with Gasteiger partial charge >= 0.3 is 0 Å². The zero-order chi connectivity index (χ0) is 14.9. The van der Waals surface area contributed by atoms with Gasteiger partial charge in [0.15, 0.2) is 0 Å². The van der Waals surface area contributed by atoms with E-state index < -0.39 is 0 Å². The van der Waals surface area contributed by atoms with E-state index in [0.29, 0.717) is 0 Å². The Morgan fingerprint density at radius 3 is 2.43 bits per heavy atom. The second-order valence-electron chi connectivity index (χ2n) is 5.23. The second-order valence-corrected chi connectivity index (χ2v) is 5.23. The Bertz CT molecular complexity index is 529. The Balaban J connectivity index is 1.73. The average molecular weight is 285 g/mol. The first-order valence-electron chi connectivity index (χ1n) is 7.99. The minimum atomic E-state index is 0.951. The Labute approximate surface area is 128 Å². The van der Waals surface area contributed by atoms with Crippen LogP contribution < -0.4 is 10.6 Å². The van der Waals surface area contributed by atoms with Crippen LogP contribution in [0.3, 0.4) is 0 Å². The summed E-state index contributed by atoms with van der Waals surface area (Å²) in [5, 5.41) is 9.61. The molecule has 2 rings (SSSR count). The summed E-state index contributed by atoms with van der Waals surface area (Å²) in [5.41, 5.74) is 1.22. The fourth-order valence-electron chi connectivity index (χ4n) is 2.57. The van der Waals surface area contributed by atoms with Crippen molar-refractivity contribution in [1.29, 1.82) is 0 Å². The number of rotatable bonds is 9. The lowest BCUT2D eigenvalue weighted by Crippen LogP contribution is -2.33. The maximum atomic E-state index is 3.53. The highest BCUT2D eigenvalue weighted by molar-refractivity contribution is 5.93. The first-order chi connectivity index (χ1) is 10.3. The van der Waals surface area contributed by atoms with Gasteiger partial charge in [-0.15, -0.1) is 0 Å². The lowest BCUT2D eigenvalue weighted by Gasteiger charge is -2.18. The summed E-state index contributed by atoms with van der Waals surface area (Å²) in [4.78, 5) is 2.44. The molecule has 0 aromatic heterocycles. The van der Waals surface area contributed by atoms with Crippen molar-refractivity contribution in [2.75, 3.05) is 44.6 Å². The van der Waals surface area contributed by atoms with Crippen molar-refractivity contribution in [3.05, 3.63) is 42.5 Å². The summed E-state index contributed by atoms with van der Waals surface area (Å²) in [6.45, 7) is 10.8. The van der Waals surface area contributed by atoms with Crippen LogP contribution in [0.4, 0.5) is 5.69 Å². The van der Waals surface area contributed by atoms with Crippen LogP contribution in [-0.2, 0) is 0 Å². The molecule has 0 spiro atoms. The number of fused-ring (bicyclic) bond motifs is 1. The topological polar surface area (TPSA) is 27.3 Å². The molecule has 2 aromatic rings. The quantitative estimate of drug-likeness (QED) is 0.693. The van der Waals surface area contributed by atoms with Crippen LogP contribution in [0.15, 0.2) is 42.5 Å². The van der Waals surface area contributed by atoms with Crippen LogP contribution in [0.1, 0.15) is 13.8 Å². The number of likely N-dealkylation sites (N-methyl/N-ethyl adjacent to an activating group) is 1. The maximum absolute atomic E-state index is 3.53. The summed E-state index contributed by atoms with van der Waals surface area (Å²) < 4.78 is 0. The van der Waals surface area contributed by atoms with E-state index in [2.05, 4.69) is 71.8 Å². The normalized spacial score (nSPS) is 11.2. The van der Waals surface area contributed by atoms with E-state index in [4.69, 9.17) is 0 Å². The van der Waals surface area contributed by atoms with Crippen LogP contribution in [-0.4, -0.2) is 44.2 Å². The molecule has 0 aliphatic rings. The van der Waals surface area contributed by atoms with E-state index >= 15 is 0 Å². The number of hydrogen-bond donors (Lipinski definition) is 2. The van der Waals surface area contributed by atoms with Gasteiger partial charge in [0.25, 0.3) is 0 Å². The molecule has 3 nitrogen and oxygen atoms in total. The van der Waals surface area contributed by atoms with E-state index in [1.54, 1.807) is 0 Å². The Morgan fingerprint density at radius 2 is 1.62 bits per heavy atom. The van der Waals surface area contributed by atoms with E-state index in [9.17, 15) is 0 Å². The predicted molar refractivity (Wildman–Crippen MR) is 93.1 cm³/mol. The fraction of sp³-hybridized carbons (Fsp3) is 0.444. The lowest BCUT2D eigenvalue weighted by atomic mass is 10.1. The van der Waals surface area contributed by atoms with Gasteiger partial charge in [0.2, 0.25) is 0 Å². The first kappa shape index (κ1) is 15.8. The monoisotopic (exact) mass is 285 g/mol. The zero-order valence-electron chi connectivity index (χ0n) is 13.2. The van der Waals surface area contributed by atoms with Crippen LogP contribution in [0, 0.1) is 0 Å². The minimum Gasteiger partial charge on any atom is -0.383 e. The van der Waals surface area contributed by atoms with Gasteiger partial charge in [-0.1, -0.05) is 50.2 Å². The number of benzene rings is 2. The van der Waals surface area contributed by atoms with Crippen molar-refractivity contribution in [1.82, 2.24) is 10.2 Å². The van der Waals surface area contributed by atoms with Crippen LogP contribution in [0.5, 0.6) is 0 Å². The largest absolute Gasteiger partial charge is 0.383 e. The molecule has 2 aromatic carbocycles. The number of nitrogens with one attached hydrogen (secondary N) is 2. The van der Waals surface area contributed by atoms with Crippen LogP contribution in [0.2, 0.25) is 0 Å². The van der Waals surface area contributed by atoms with Crippen LogP contribution >= 0.6 is 0 Å². The standard InChI is InChI=1S/C18H27N3/c1-3-21(4-2)15-14-19-12-13-20-18-11-7-9-16-8-5-6-10-17(16)18/h5-11,19-20H,3-4,12-15H2,1-2H3. The highest BCUT2D eigenvalue weighted by Gasteiger charge is 1.99. The molecular weight excluding hydrogens is 258 g/mol. The maximum Gasteiger partial charge on any atom is 0.0420 e. The molecule has 21 heavy (non-hydrogen) atoms. The second kappa shape index (κ2) is 8.65. The predicted octanol–water partition coefficient (Wildman–Crippen LogP) is 3.18. The van der Waals surface area contributed by atoms with E-state index in [-0.39, 0.29) is 0 Å². The molecule has 0 fully saturated rings. The van der Waals surface area contributed by atoms with Crippen molar-refractivity contribution in [2.24, 2.45) is 0 Å². The van der Waals surface area contributed by atoms with Gasteiger partial charge in [0.1, 0.15) is 0 Å². The molecular formula is C18H27N3. The molecule has 0 radical (unpaired) electrons. The smallest absolute Gasteiger partial charge is 0.0420 e. The summed E-state index contributed by atoms with van der Waals surface area (Å²) >= 11 is 0. The zero-order valence-corrected chi connectivity index (χ0v) is 13.2. The van der Waals surface area contributed by atoms with Crippen molar-refractivity contribution in [2.45, 2.75) is 13.8 Å². The molecule has 0 atom stereocenters. The molecule has 0 aliphatic heterocycles. The number of anilines is 1. The Hall–Kier alpha value is -1.58. The molecule has 0 aliphatic carbocycles. The molecule has 2 N–H and O–H groups in total. The molecule has 0 unspecified atom stereocenters. The van der Waals surface area contributed by atoms with Gasteiger partial charge in [-0.2, -0.15) is 0 Å². The summed E-state index contributed by atoms with van der Waals surface area (Å²) in [6.07, 6.45) is 0. The molecule has 0 heterocycles. The van der Waals surface area contributed by atoms with Gasteiger partial charge < -0.3 is 15.5 Å². The molecule has 0 saturated carbocycles. The summed E-state index contributed by atoms with van der Waals surface area (Å²) in [5.74, 6) is 0. The van der Waals surface area contributed by atoms with Gasteiger partial charge in [-0.3, -0.25) is 0 Å². The van der Waals surface area contributed by atoms with Crippen molar-refractivity contribution in [3.8, 4) is 0 Å². The third-order valence-electron chi connectivity index (χ3n) is 3.91. The summed E-state index contributed by atoms with van der Waals surface area (Å²) in [6, 6.07) is 14.9. The molecule has 0 bridgehead atoms. The molecule has 3 heteroatoms. The highest BCUT2D eigenvalue weighted by atomic mass is 15.1. The van der Waals surface area contributed by atoms with Gasteiger partial charge in [-0.05, 0) is 24.5 Å². The van der Waals surface area contributed by atoms with Gasteiger partial charge in [0.05, 0.1) is 0 Å². The lowest BCUT2D eigenvalue weighted by molar-refractivity contribution is 0.303. The molecule has 114 valence electrons. The van der Waals surface area contributed by atoms with E-state index in [1.807, 2.05) is 0 Å². The van der Waals surface area contributed by atoms with Gasteiger partial charge in [-0.25, -0.2) is 0 Å². The SMILES string of the molecule is CCN(CC)CCNCCNc1cccc2ccccc12. The minimum absolute atomic E-state index is 0.951. The third-order valence-corrected chi connectivity index (χ3v) is 3.91. The fourth-order valence-corrected chi connectivity index (χ4v) is 2.57. The van der Waals surface area contributed by atoms with Crippen LogP contribution in [0.25, 0.3) is 10.8 Å². The highest BCUT2D eigenvalue weighted by Crippen LogP contribution is 2.22. The number of nitrogens with zero attached hydrogens (tertiary/aromatic N) is 1. The average Bonchev–Trinajstić information content (AvgIpc) is 2.54. The van der Waals surface area contributed by atoms with Gasteiger partial charge in [0, 0.05) is 37.3 Å². The third kappa shape index (κ3) is 4.73. The first-order valence-corrected chi connectivity index (χ1v) is 7.99. The Morgan fingerprint density at radius 1 is 0.857 bits per heavy atom. The van der Waals surface area contributed by atoms with Crippen molar-refractivity contribution in [3.63, 3.8) is 0 Å². The summed E-state index contributed by atoms with van der Waals surface area (Å²) in [7, 11) is 0. The van der Waals surface area contributed by atoms with Crippen molar-refractivity contribution < 1.29 is 0 Å². The van der Waals surface area contributed by atoms with E-state index in [1.165, 1.54) is 16.5 Å². The molecule has 0 saturated heterocycles.